The van der Waals surface area contributed by atoms with Crippen LogP contribution in [-0.2, 0) is 22.4 Å². The molecule has 0 fully saturated rings. The van der Waals surface area contributed by atoms with Crippen LogP contribution < -0.4 is 4.74 Å². The van der Waals surface area contributed by atoms with Gasteiger partial charge in [0.15, 0.2) is 0 Å². The lowest BCUT2D eigenvalue weighted by Gasteiger charge is -2.08. The van der Waals surface area contributed by atoms with Crippen LogP contribution in [0.3, 0.4) is 0 Å². The monoisotopic (exact) mass is 346 g/mol. The number of ether oxygens (including phenoxy) is 2. The van der Waals surface area contributed by atoms with E-state index in [0.29, 0.717) is 19.4 Å². The highest BCUT2D eigenvalue weighted by Gasteiger charge is 2.18. The second-order valence-electron chi connectivity index (χ2n) is 3.96. The fraction of sp³-hybridized carbons (Fsp3) is 0.462. The Labute approximate surface area is 115 Å². The second kappa shape index (κ2) is 5.71. The highest BCUT2D eigenvalue weighted by atomic mass is 127. The molecule has 92 valence electrons. The van der Waals surface area contributed by atoms with Crippen molar-refractivity contribution >= 4 is 28.6 Å². The smallest absolute Gasteiger partial charge is 0.306 e. The number of hydrogen-bond acceptors (Lipinski definition) is 3. The molecule has 0 aromatic heterocycles. The van der Waals surface area contributed by atoms with Gasteiger partial charge in [-0.15, -0.1) is 0 Å². The van der Waals surface area contributed by atoms with E-state index in [4.69, 9.17) is 9.47 Å². The first kappa shape index (κ1) is 12.7. The molecule has 0 spiro atoms. The fourth-order valence-corrected chi connectivity index (χ4v) is 2.75. The number of hydrogen-bond donors (Lipinski definition) is 0. The molecule has 0 radical (unpaired) electrons. The van der Waals surface area contributed by atoms with Crippen molar-refractivity contribution < 1.29 is 14.3 Å². The molecule has 0 bridgehead atoms. The third-order valence-corrected chi connectivity index (χ3v) is 3.35. The van der Waals surface area contributed by atoms with E-state index in [0.717, 1.165) is 24.3 Å². The quantitative estimate of drug-likeness (QED) is 0.621. The van der Waals surface area contributed by atoms with Crippen LogP contribution in [0.5, 0.6) is 5.75 Å². The van der Waals surface area contributed by atoms with Crippen LogP contribution in [0.15, 0.2) is 12.1 Å². The Balaban J connectivity index is 2.08. The van der Waals surface area contributed by atoms with Gasteiger partial charge in [0.2, 0.25) is 0 Å². The molecule has 0 atom stereocenters. The van der Waals surface area contributed by atoms with Crippen molar-refractivity contribution in [2.24, 2.45) is 0 Å². The van der Waals surface area contributed by atoms with Crippen molar-refractivity contribution in [2.75, 3.05) is 13.2 Å². The van der Waals surface area contributed by atoms with Gasteiger partial charge in [-0.25, -0.2) is 0 Å². The zero-order valence-electron chi connectivity index (χ0n) is 9.79. The van der Waals surface area contributed by atoms with Crippen LogP contribution in [0, 0.1) is 3.57 Å². The van der Waals surface area contributed by atoms with Gasteiger partial charge < -0.3 is 9.47 Å². The van der Waals surface area contributed by atoms with Gasteiger partial charge in [0.25, 0.3) is 0 Å². The molecule has 1 aromatic carbocycles. The van der Waals surface area contributed by atoms with Crippen LogP contribution in [-0.4, -0.2) is 19.2 Å². The summed E-state index contributed by atoms with van der Waals surface area (Å²) in [7, 11) is 0. The van der Waals surface area contributed by atoms with Crippen LogP contribution in [0.4, 0.5) is 0 Å². The minimum absolute atomic E-state index is 0.141. The molecule has 0 N–H and O–H groups in total. The molecule has 1 aliphatic heterocycles. The summed E-state index contributed by atoms with van der Waals surface area (Å²) in [5, 5.41) is 0. The third-order valence-electron chi connectivity index (χ3n) is 2.73. The number of carbonyl (C=O) groups excluding carboxylic acids is 1. The Bertz CT molecular complexity index is 429. The minimum Gasteiger partial charge on any atom is -0.493 e. The van der Waals surface area contributed by atoms with Gasteiger partial charge in [-0.05, 0) is 59.2 Å². The standard InChI is InChI=1S/C13H15IO3/c1-2-16-12(15)4-3-9-7-11(14)8-10-5-6-17-13(9)10/h7-8H,2-6H2,1H3. The first-order chi connectivity index (χ1) is 8.20. The molecular weight excluding hydrogens is 331 g/mol. The van der Waals surface area contributed by atoms with E-state index in [2.05, 4.69) is 34.7 Å². The zero-order valence-corrected chi connectivity index (χ0v) is 12.0. The van der Waals surface area contributed by atoms with E-state index in [9.17, 15) is 4.79 Å². The number of rotatable bonds is 4. The molecule has 0 saturated carbocycles. The summed E-state index contributed by atoms with van der Waals surface area (Å²) in [5.41, 5.74) is 2.38. The van der Waals surface area contributed by atoms with Crippen molar-refractivity contribution in [3.8, 4) is 5.75 Å². The van der Waals surface area contributed by atoms with Gasteiger partial charge in [-0.1, -0.05) is 0 Å². The molecule has 0 unspecified atom stereocenters. The predicted octanol–water partition coefficient (Wildman–Crippen LogP) is 2.72. The molecule has 3 nitrogen and oxygen atoms in total. The molecule has 0 amide bonds. The highest BCUT2D eigenvalue weighted by molar-refractivity contribution is 14.1. The van der Waals surface area contributed by atoms with Gasteiger partial charge in [0.1, 0.15) is 5.75 Å². The van der Waals surface area contributed by atoms with Crippen molar-refractivity contribution in [3.05, 3.63) is 26.8 Å². The normalized spacial score (nSPS) is 13.1. The van der Waals surface area contributed by atoms with E-state index in [1.165, 1.54) is 9.13 Å². The third kappa shape index (κ3) is 3.12. The lowest BCUT2D eigenvalue weighted by atomic mass is 10.0. The maximum Gasteiger partial charge on any atom is 0.306 e. The van der Waals surface area contributed by atoms with Crippen LogP contribution in [0.25, 0.3) is 0 Å². The Morgan fingerprint density at radius 1 is 1.53 bits per heavy atom. The maximum atomic E-state index is 11.3. The summed E-state index contributed by atoms with van der Waals surface area (Å²) in [4.78, 5) is 11.3. The lowest BCUT2D eigenvalue weighted by Crippen LogP contribution is -2.05. The Hall–Kier alpha value is -0.780. The number of esters is 1. The second-order valence-corrected chi connectivity index (χ2v) is 5.20. The molecule has 0 aliphatic carbocycles. The average Bonchev–Trinajstić information content (AvgIpc) is 2.74. The summed E-state index contributed by atoms with van der Waals surface area (Å²) in [6.07, 6.45) is 2.08. The molecular formula is C13H15IO3. The van der Waals surface area contributed by atoms with E-state index < -0.39 is 0 Å². The Morgan fingerprint density at radius 2 is 2.35 bits per heavy atom. The van der Waals surface area contributed by atoms with E-state index in [-0.39, 0.29) is 5.97 Å². The first-order valence-electron chi connectivity index (χ1n) is 5.80. The van der Waals surface area contributed by atoms with E-state index >= 15 is 0 Å². The Morgan fingerprint density at radius 3 is 3.12 bits per heavy atom. The van der Waals surface area contributed by atoms with Crippen molar-refractivity contribution in [1.82, 2.24) is 0 Å². The fourth-order valence-electron chi connectivity index (χ4n) is 2.00. The van der Waals surface area contributed by atoms with Crippen LogP contribution in [0.2, 0.25) is 0 Å². The van der Waals surface area contributed by atoms with Gasteiger partial charge in [0, 0.05) is 16.4 Å². The molecule has 1 aliphatic rings. The summed E-state index contributed by atoms with van der Waals surface area (Å²) in [6, 6.07) is 4.24. The van der Waals surface area contributed by atoms with E-state index in [1.54, 1.807) is 0 Å². The summed E-state index contributed by atoms with van der Waals surface area (Å²) >= 11 is 2.30. The lowest BCUT2D eigenvalue weighted by molar-refractivity contribution is -0.143. The van der Waals surface area contributed by atoms with Gasteiger partial charge in [0.05, 0.1) is 13.2 Å². The first-order valence-corrected chi connectivity index (χ1v) is 6.88. The molecule has 4 heteroatoms. The van der Waals surface area contributed by atoms with Gasteiger partial charge >= 0.3 is 5.97 Å². The highest BCUT2D eigenvalue weighted by Crippen LogP contribution is 2.32. The summed E-state index contributed by atoms with van der Waals surface area (Å²) < 4.78 is 11.8. The molecule has 0 saturated heterocycles. The maximum absolute atomic E-state index is 11.3. The number of aryl methyl sites for hydroxylation is 1. The molecule has 1 heterocycles. The van der Waals surface area contributed by atoms with Gasteiger partial charge in [-0.3, -0.25) is 4.79 Å². The molecule has 1 aromatic rings. The number of halogens is 1. The summed E-state index contributed by atoms with van der Waals surface area (Å²) in [5.74, 6) is 0.841. The number of carbonyl (C=O) groups is 1. The number of benzene rings is 1. The topological polar surface area (TPSA) is 35.5 Å². The Kier molecular flexibility index (Phi) is 4.25. The summed E-state index contributed by atoms with van der Waals surface area (Å²) in [6.45, 7) is 3.02. The molecule has 17 heavy (non-hydrogen) atoms. The minimum atomic E-state index is -0.141. The van der Waals surface area contributed by atoms with Crippen molar-refractivity contribution in [2.45, 2.75) is 26.2 Å². The van der Waals surface area contributed by atoms with Crippen molar-refractivity contribution in [1.29, 1.82) is 0 Å². The molecule has 2 rings (SSSR count). The van der Waals surface area contributed by atoms with Gasteiger partial charge in [-0.2, -0.15) is 0 Å². The van der Waals surface area contributed by atoms with Crippen molar-refractivity contribution in [3.63, 3.8) is 0 Å². The largest absolute Gasteiger partial charge is 0.493 e. The predicted molar refractivity (Wildman–Crippen MR) is 73.3 cm³/mol. The van der Waals surface area contributed by atoms with Crippen LogP contribution >= 0.6 is 22.6 Å². The van der Waals surface area contributed by atoms with E-state index in [1.807, 2.05) is 6.92 Å². The zero-order chi connectivity index (χ0) is 12.3. The number of fused-ring (bicyclic) bond motifs is 1. The SMILES string of the molecule is CCOC(=O)CCc1cc(I)cc2c1OCC2. The average molecular weight is 346 g/mol. The van der Waals surface area contributed by atoms with Crippen LogP contribution in [0.1, 0.15) is 24.5 Å².